The first-order valence-corrected chi connectivity index (χ1v) is 4.44. The predicted octanol–water partition coefficient (Wildman–Crippen LogP) is 1.57. The molecule has 1 unspecified atom stereocenters. The van der Waals surface area contributed by atoms with Crippen LogP contribution in [0.5, 0.6) is 5.75 Å². The molecule has 0 amide bonds. The van der Waals surface area contributed by atoms with Crippen molar-refractivity contribution in [2.75, 3.05) is 14.2 Å². The lowest BCUT2D eigenvalue weighted by molar-refractivity contribution is -0.118. The second kappa shape index (κ2) is 3.55. The Morgan fingerprint density at radius 1 is 1.50 bits per heavy atom. The molecule has 0 spiro atoms. The van der Waals surface area contributed by atoms with Crippen LogP contribution in [0.25, 0.3) is 0 Å². The van der Waals surface area contributed by atoms with Gasteiger partial charge in [0.25, 0.3) is 0 Å². The second-order valence-corrected chi connectivity index (χ2v) is 3.19. The molecule has 76 valence electrons. The first-order valence-electron chi connectivity index (χ1n) is 4.44. The van der Waals surface area contributed by atoms with Crippen LogP contribution in [0.3, 0.4) is 0 Å². The SMILES string of the molecule is COc1c(C)ncc2c1C(OC)OC2. The zero-order chi connectivity index (χ0) is 10.1. The molecule has 0 aromatic carbocycles. The molecule has 1 atom stereocenters. The summed E-state index contributed by atoms with van der Waals surface area (Å²) in [6.45, 7) is 2.45. The minimum atomic E-state index is -0.318. The largest absolute Gasteiger partial charge is 0.494 e. The molecular formula is C10H13NO3. The maximum atomic E-state index is 5.43. The van der Waals surface area contributed by atoms with Crippen molar-refractivity contribution >= 4 is 0 Å². The lowest BCUT2D eigenvalue weighted by atomic mass is 10.1. The second-order valence-electron chi connectivity index (χ2n) is 3.19. The highest BCUT2D eigenvalue weighted by molar-refractivity contribution is 5.44. The van der Waals surface area contributed by atoms with Gasteiger partial charge in [-0.2, -0.15) is 0 Å². The number of methoxy groups -OCH3 is 2. The first kappa shape index (κ1) is 9.43. The fourth-order valence-corrected chi connectivity index (χ4v) is 1.71. The van der Waals surface area contributed by atoms with E-state index in [1.54, 1.807) is 14.2 Å². The number of hydrogen-bond donors (Lipinski definition) is 0. The monoisotopic (exact) mass is 195 g/mol. The van der Waals surface area contributed by atoms with Crippen LogP contribution in [-0.2, 0) is 16.1 Å². The summed E-state index contributed by atoms with van der Waals surface area (Å²) < 4.78 is 15.9. The summed E-state index contributed by atoms with van der Waals surface area (Å²) in [4.78, 5) is 4.23. The number of rotatable bonds is 2. The lowest BCUT2D eigenvalue weighted by Gasteiger charge is -2.13. The summed E-state index contributed by atoms with van der Waals surface area (Å²) in [7, 11) is 3.25. The van der Waals surface area contributed by atoms with E-state index in [4.69, 9.17) is 14.2 Å². The van der Waals surface area contributed by atoms with Crippen LogP contribution in [0.15, 0.2) is 6.20 Å². The van der Waals surface area contributed by atoms with Crippen molar-refractivity contribution in [3.8, 4) is 5.75 Å². The van der Waals surface area contributed by atoms with E-state index in [0.717, 1.165) is 22.6 Å². The number of nitrogens with zero attached hydrogens (tertiary/aromatic N) is 1. The number of aromatic nitrogens is 1. The van der Waals surface area contributed by atoms with E-state index in [2.05, 4.69) is 4.98 Å². The van der Waals surface area contributed by atoms with Crippen molar-refractivity contribution in [3.05, 3.63) is 23.0 Å². The average molecular weight is 195 g/mol. The van der Waals surface area contributed by atoms with Crippen molar-refractivity contribution in [1.82, 2.24) is 4.98 Å². The Morgan fingerprint density at radius 3 is 2.93 bits per heavy atom. The van der Waals surface area contributed by atoms with E-state index in [9.17, 15) is 0 Å². The van der Waals surface area contributed by atoms with Gasteiger partial charge in [0.2, 0.25) is 0 Å². The topological polar surface area (TPSA) is 40.6 Å². The maximum Gasteiger partial charge on any atom is 0.187 e. The van der Waals surface area contributed by atoms with Crippen LogP contribution >= 0.6 is 0 Å². The number of ether oxygens (including phenoxy) is 3. The van der Waals surface area contributed by atoms with Gasteiger partial charge in [-0.25, -0.2) is 0 Å². The standard InChI is InChI=1S/C10H13NO3/c1-6-9(12-2)8-7(4-11-6)5-14-10(8)13-3/h4,10H,5H2,1-3H3. The van der Waals surface area contributed by atoms with Gasteiger partial charge in [0, 0.05) is 18.9 Å². The molecule has 1 aliphatic heterocycles. The summed E-state index contributed by atoms with van der Waals surface area (Å²) >= 11 is 0. The molecule has 1 aromatic rings. The van der Waals surface area contributed by atoms with Crippen LogP contribution in [0, 0.1) is 6.92 Å². The van der Waals surface area contributed by atoms with Gasteiger partial charge in [-0.15, -0.1) is 0 Å². The van der Waals surface area contributed by atoms with E-state index in [0.29, 0.717) is 6.61 Å². The third kappa shape index (κ3) is 1.27. The van der Waals surface area contributed by atoms with Crippen LogP contribution in [-0.4, -0.2) is 19.2 Å². The van der Waals surface area contributed by atoms with Gasteiger partial charge in [0.05, 0.1) is 25.0 Å². The molecular weight excluding hydrogens is 182 g/mol. The maximum absolute atomic E-state index is 5.43. The van der Waals surface area contributed by atoms with E-state index in [1.165, 1.54) is 0 Å². The molecule has 4 nitrogen and oxygen atoms in total. The smallest absolute Gasteiger partial charge is 0.187 e. The number of hydrogen-bond acceptors (Lipinski definition) is 4. The van der Waals surface area contributed by atoms with Crippen molar-refractivity contribution in [3.63, 3.8) is 0 Å². The quantitative estimate of drug-likeness (QED) is 0.718. The molecule has 0 aliphatic carbocycles. The molecule has 14 heavy (non-hydrogen) atoms. The van der Waals surface area contributed by atoms with Crippen molar-refractivity contribution < 1.29 is 14.2 Å². The van der Waals surface area contributed by atoms with Gasteiger partial charge in [-0.3, -0.25) is 4.98 Å². The van der Waals surface area contributed by atoms with E-state index >= 15 is 0 Å². The van der Waals surface area contributed by atoms with Crippen molar-refractivity contribution in [2.24, 2.45) is 0 Å². The fourth-order valence-electron chi connectivity index (χ4n) is 1.71. The Morgan fingerprint density at radius 2 is 2.29 bits per heavy atom. The van der Waals surface area contributed by atoms with E-state index in [-0.39, 0.29) is 6.29 Å². The third-order valence-electron chi connectivity index (χ3n) is 2.38. The van der Waals surface area contributed by atoms with Crippen LogP contribution in [0.2, 0.25) is 0 Å². The van der Waals surface area contributed by atoms with Crippen molar-refractivity contribution in [1.29, 1.82) is 0 Å². The molecule has 4 heteroatoms. The summed E-state index contributed by atoms with van der Waals surface area (Å²) in [5.41, 5.74) is 2.88. The van der Waals surface area contributed by atoms with Crippen LogP contribution in [0.4, 0.5) is 0 Å². The van der Waals surface area contributed by atoms with Crippen LogP contribution in [0.1, 0.15) is 23.1 Å². The molecule has 0 N–H and O–H groups in total. The molecule has 0 radical (unpaired) electrons. The molecule has 0 fully saturated rings. The van der Waals surface area contributed by atoms with Gasteiger partial charge in [0.15, 0.2) is 6.29 Å². The summed E-state index contributed by atoms with van der Waals surface area (Å²) in [6.07, 6.45) is 1.49. The molecule has 1 aliphatic rings. The van der Waals surface area contributed by atoms with Gasteiger partial charge in [-0.1, -0.05) is 0 Å². The minimum Gasteiger partial charge on any atom is -0.494 e. The first-order chi connectivity index (χ1) is 6.77. The van der Waals surface area contributed by atoms with Gasteiger partial charge in [-0.05, 0) is 6.92 Å². The average Bonchev–Trinajstić information content (AvgIpc) is 2.61. The summed E-state index contributed by atoms with van der Waals surface area (Å²) in [6, 6.07) is 0. The Kier molecular flexibility index (Phi) is 2.39. The number of fused-ring (bicyclic) bond motifs is 1. The number of aryl methyl sites for hydroxylation is 1. The van der Waals surface area contributed by atoms with Gasteiger partial charge in [0.1, 0.15) is 5.75 Å². The lowest BCUT2D eigenvalue weighted by Crippen LogP contribution is -2.03. The Balaban J connectivity index is 2.54. The predicted molar refractivity (Wildman–Crippen MR) is 50.1 cm³/mol. The molecule has 1 aromatic heterocycles. The zero-order valence-electron chi connectivity index (χ0n) is 8.53. The van der Waals surface area contributed by atoms with E-state index < -0.39 is 0 Å². The third-order valence-corrected chi connectivity index (χ3v) is 2.38. The molecule has 0 saturated heterocycles. The van der Waals surface area contributed by atoms with Crippen LogP contribution < -0.4 is 4.74 Å². The molecule has 2 rings (SSSR count). The highest BCUT2D eigenvalue weighted by Crippen LogP contribution is 2.38. The Bertz CT molecular complexity index is 351. The highest BCUT2D eigenvalue weighted by Gasteiger charge is 2.28. The van der Waals surface area contributed by atoms with Gasteiger partial charge < -0.3 is 14.2 Å². The number of pyridine rings is 1. The molecule has 0 saturated carbocycles. The Labute approximate surface area is 82.8 Å². The molecule has 2 heterocycles. The van der Waals surface area contributed by atoms with Gasteiger partial charge >= 0.3 is 0 Å². The summed E-state index contributed by atoms with van der Waals surface area (Å²) in [5.74, 6) is 0.770. The Hall–Kier alpha value is -1.13. The highest BCUT2D eigenvalue weighted by atomic mass is 16.7. The zero-order valence-corrected chi connectivity index (χ0v) is 8.53. The summed E-state index contributed by atoms with van der Waals surface area (Å²) in [5, 5.41) is 0. The molecule has 0 bridgehead atoms. The van der Waals surface area contributed by atoms with Crippen molar-refractivity contribution in [2.45, 2.75) is 19.8 Å². The minimum absolute atomic E-state index is 0.318. The normalized spacial score (nSPS) is 19.5. The fraction of sp³-hybridized carbons (Fsp3) is 0.500. The van der Waals surface area contributed by atoms with E-state index in [1.807, 2.05) is 13.1 Å².